The van der Waals surface area contributed by atoms with Gasteiger partial charge in [-0.25, -0.2) is 0 Å². The standard InChI is InChI=1S/C15H22ClNO/c1-17(12-13-10-14(16)11-13)8-5-9-18-15-6-3-2-4-7-15/h2-4,6-7,13-14H,5,8-12H2,1H3. The third-order valence-electron chi connectivity index (χ3n) is 3.44. The van der Waals surface area contributed by atoms with Crippen LogP contribution in [0.3, 0.4) is 0 Å². The highest BCUT2D eigenvalue weighted by Crippen LogP contribution is 2.32. The van der Waals surface area contributed by atoms with Crippen LogP contribution in [0, 0.1) is 5.92 Å². The van der Waals surface area contributed by atoms with Crippen molar-refractivity contribution in [3.8, 4) is 5.75 Å². The summed E-state index contributed by atoms with van der Waals surface area (Å²) in [5.41, 5.74) is 0. The average Bonchev–Trinajstić information content (AvgIpc) is 2.34. The van der Waals surface area contributed by atoms with Gasteiger partial charge in [-0.3, -0.25) is 0 Å². The van der Waals surface area contributed by atoms with E-state index in [1.54, 1.807) is 0 Å². The maximum atomic E-state index is 5.98. The minimum atomic E-state index is 0.435. The highest BCUT2D eigenvalue weighted by Gasteiger charge is 2.27. The summed E-state index contributed by atoms with van der Waals surface area (Å²) in [7, 11) is 2.18. The first-order valence-electron chi connectivity index (χ1n) is 6.74. The van der Waals surface area contributed by atoms with Crippen LogP contribution in [-0.2, 0) is 0 Å². The fourth-order valence-corrected chi connectivity index (χ4v) is 2.88. The van der Waals surface area contributed by atoms with Gasteiger partial charge in [0.05, 0.1) is 6.61 Å². The summed E-state index contributed by atoms with van der Waals surface area (Å²) in [6.07, 6.45) is 3.45. The molecule has 0 atom stereocenters. The number of alkyl halides is 1. The zero-order valence-corrected chi connectivity index (χ0v) is 11.8. The number of halogens is 1. The van der Waals surface area contributed by atoms with Crippen LogP contribution in [0.25, 0.3) is 0 Å². The number of nitrogens with zero attached hydrogens (tertiary/aromatic N) is 1. The van der Waals surface area contributed by atoms with Gasteiger partial charge in [-0.15, -0.1) is 11.6 Å². The molecule has 2 rings (SSSR count). The van der Waals surface area contributed by atoms with Crippen molar-refractivity contribution in [3.05, 3.63) is 30.3 Å². The van der Waals surface area contributed by atoms with Crippen LogP contribution in [0.4, 0.5) is 0 Å². The van der Waals surface area contributed by atoms with Gasteiger partial charge in [0.1, 0.15) is 5.75 Å². The minimum Gasteiger partial charge on any atom is -0.494 e. The second kappa shape index (κ2) is 7.01. The van der Waals surface area contributed by atoms with Gasteiger partial charge in [-0.2, -0.15) is 0 Å². The molecule has 1 saturated carbocycles. The predicted molar refractivity (Wildman–Crippen MR) is 76.4 cm³/mol. The molecule has 100 valence electrons. The second-order valence-electron chi connectivity index (χ2n) is 5.21. The highest BCUT2D eigenvalue weighted by molar-refractivity contribution is 6.21. The molecule has 0 aromatic heterocycles. The Morgan fingerprint density at radius 3 is 2.67 bits per heavy atom. The number of ether oxygens (including phenoxy) is 1. The van der Waals surface area contributed by atoms with Crippen LogP contribution in [0.5, 0.6) is 5.75 Å². The monoisotopic (exact) mass is 267 g/mol. The Balaban J connectivity index is 1.52. The summed E-state index contributed by atoms with van der Waals surface area (Å²) >= 11 is 5.98. The van der Waals surface area contributed by atoms with Crippen molar-refractivity contribution < 1.29 is 4.74 Å². The summed E-state index contributed by atoms with van der Waals surface area (Å²) in [5.74, 6) is 1.77. The van der Waals surface area contributed by atoms with Crippen LogP contribution in [0.2, 0.25) is 0 Å². The lowest BCUT2D eigenvalue weighted by Gasteiger charge is -2.34. The Labute approximate surface area is 115 Å². The maximum Gasteiger partial charge on any atom is 0.119 e. The Hall–Kier alpha value is -0.730. The molecule has 0 radical (unpaired) electrons. The van der Waals surface area contributed by atoms with Gasteiger partial charge in [0, 0.05) is 18.5 Å². The van der Waals surface area contributed by atoms with Crippen LogP contribution >= 0.6 is 11.6 Å². The van der Waals surface area contributed by atoms with Crippen LogP contribution < -0.4 is 4.74 Å². The average molecular weight is 268 g/mol. The van der Waals surface area contributed by atoms with Crippen molar-refractivity contribution in [2.45, 2.75) is 24.6 Å². The molecule has 18 heavy (non-hydrogen) atoms. The molecular weight excluding hydrogens is 246 g/mol. The van der Waals surface area contributed by atoms with E-state index in [0.717, 1.165) is 31.2 Å². The molecule has 0 aliphatic heterocycles. The molecule has 0 bridgehead atoms. The first-order valence-corrected chi connectivity index (χ1v) is 7.18. The van der Waals surface area contributed by atoms with Gasteiger partial charge in [0.2, 0.25) is 0 Å². The fourth-order valence-electron chi connectivity index (χ4n) is 2.38. The van der Waals surface area contributed by atoms with Crippen LogP contribution in [0.1, 0.15) is 19.3 Å². The third kappa shape index (κ3) is 4.51. The third-order valence-corrected chi connectivity index (χ3v) is 3.80. The Morgan fingerprint density at radius 2 is 2.00 bits per heavy atom. The summed E-state index contributed by atoms with van der Waals surface area (Å²) in [6.45, 7) is 3.06. The highest BCUT2D eigenvalue weighted by atomic mass is 35.5. The molecule has 1 aliphatic rings. The topological polar surface area (TPSA) is 12.5 Å². The number of rotatable bonds is 7. The molecule has 1 fully saturated rings. The lowest BCUT2D eigenvalue weighted by atomic mass is 9.84. The lowest BCUT2D eigenvalue weighted by Crippen LogP contribution is -2.35. The minimum absolute atomic E-state index is 0.435. The van der Waals surface area contributed by atoms with E-state index < -0.39 is 0 Å². The van der Waals surface area contributed by atoms with Crippen molar-refractivity contribution in [3.63, 3.8) is 0 Å². The maximum absolute atomic E-state index is 5.98. The molecule has 2 nitrogen and oxygen atoms in total. The molecule has 0 N–H and O–H groups in total. The van der Waals surface area contributed by atoms with E-state index in [0.29, 0.717) is 5.38 Å². The molecule has 3 heteroatoms. The van der Waals surface area contributed by atoms with Gasteiger partial charge in [-0.1, -0.05) is 18.2 Å². The number of hydrogen-bond donors (Lipinski definition) is 0. The first-order chi connectivity index (χ1) is 8.74. The number of hydrogen-bond acceptors (Lipinski definition) is 2. The fraction of sp³-hybridized carbons (Fsp3) is 0.600. The van der Waals surface area contributed by atoms with Gasteiger partial charge in [-0.05, 0) is 44.4 Å². The first kappa shape index (κ1) is 13.7. The largest absolute Gasteiger partial charge is 0.494 e. The quantitative estimate of drug-likeness (QED) is 0.555. The van der Waals surface area contributed by atoms with E-state index in [1.165, 1.54) is 19.4 Å². The summed E-state index contributed by atoms with van der Waals surface area (Å²) in [5, 5.41) is 0.435. The van der Waals surface area contributed by atoms with Crippen molar-refractivity contribution in [2.24, 2.45) is 5.92 Å². The summed E-state index contributed by atoms with van der Waals surface area (Å²) < 4.78 is 5.67. The van der Waals surface area contributed by atoms with Gasteiger partial charge in [0.15, 0.2) is 0 Å². The molecular formula is C15H22ClNO. The summed E-state index contributed by atoms with van der Waals surface area (Å²) in [4.78, 5) is 2.39. The summed E-state index contributed by atoms with van der Waals surface area (Å²) in [6, 6.07) is 10.0. The molecule has 0 amide bonds. The van der Waals surface area contributed by atoms with E-state index >= 15 is 0 Å². The Bertz CT molecular complexity index is 338. The smallest absolute Gasteiger partial charge is 0.119 e. The normalized spacial score (nSPS) is 22.8. The number of para-hydroxylation sites is 1. The van der Waals surface area contributed by atoms with Gasteiger partial charge in [0.25, 0.3) is 0 Å². The SMILES string of the molecule is CN(CCCOc1ccccc1)CC1CC(Cl)C1. The Kier molecular flexibility index (Phi) is 5.33. The van der Waals surface area contributed by atoms with Crippen molar-refractivity contribution >= 4 is 11.6 Å². The van der Waals surface area contributed by atoms with Crippen molar-refractivity contribution in [1.29, 1.82) is 0 Å². The lowest BCUT2D eigenvalue weighted by molar-refractivity contribution is 0.195. The zero-order chi connectivity index (χ0) is 12.8. The molecule has 0 heterocycles. The van der Waals surface area contributed by atoms with Gasteiger partial charge < -0.3 is 9.64 Å². The van der Waals surface area contributed by atoms with E-state index in [2.05, 4.69) is 11.9 Å². The molecule has 0 unspecified atom stereocenters. The van der Waals surface area contributed by atoms with Crippen LogP contribution in [0.15, 0.2) is 30.3 Å². The predicted octanol–water partition coefficient (Wildman–Crippen LogP) is 3.40. The molecule has 0 saturated heterocycles. The van der Waals surface area contributed by atoms with E-state index in [4.69, 9.17) is 16.3 Å². The van der Waals surface area contributed by atoms with Crippen LogP contribution in [-0.4, -0.2) is 37.0 Å². The zero-order valence-electron chi connectivity index (χ0n) is 11.0. The van der Waals surface area contributed by atoms with Crippen molar-refractivity contribution in [2.75, 3.05) is 26.7 Å². The van der Waals surface area contributed by atoms with E-state index in [-0.39, 0.29) is 0 Å². The van der Waals surface area contributed by atoms with Crippen molar-refractivity contribution in [1.82, 2.24) is 4.90 Å². The molecule has 1 aliphatic carbocycles. The molecule has 1 aromatic carbocycles. The Morgan fingerprint density at radius 1 is 1.28 bits per heavy atom. The molecule has 0 spiro atoms. The molecule has 1 aromatic rings. The second-order valence-corrected chi connectivity index (χ2v) is 5.83. The van der Waals surface area contributed by atoms with E-state index in [9.17, 15) is 0 Å². The van der Waals surface area contributed by atoms with E-state index in [1.807, 2.05) is 30.3 Å². The number of benzene rings is 1. The van der Waals surface area contributed by atoms with Gasteiger partial charge >= 0.3 is 0 Å².